The van der Waals surface area contributed by atoms with Gasteiger partial charge in [-0.2, -0.15) is 4.98 Å². The molecule has 5 heteroatoms. The van der Waals surface area contributed by atoms with Gasteiger partial charge in [-0.15, -0.1) is 0 Å². The molecule has 2 aromatic rings. The van der Waals surface area contributed by atoms with Crippen LogP contribution in [0.5, 0.6) is 0 Å². The Morgan fingerprint density at radius 3 is 2.62 bits per heavy atom. The van der Waals surface area contributed by atoms with Gasteiger partial charge in [0.1, 0.15) is 12.4 Å². The largest absolute Gasteiger partial charge is 0.337 e. The van der Waals surface area contributed by atoms with Crippen molar-refractivity contribution in [2.24, 2.45) is 0 Å². The van der Waals surface area contributed by atoms with E-state index in [4.69, 9.17) is 4.52 Å². The number of nitrogens with zero attached hydrogens (tertiary/aromatic N) is 4. The first-order chi connectivity index (χ1) is 7.47. The molecule has 0 amide bonds. The van der Waals surface area contributed by atoms with Crippen LogP contribution in [0.3, 0.4) is 0 Å². The van der Waals surface area contributed by atoms with Crippen molar-refractivity contribution in [3.63, 3.8) is 0 Å². The predicted octanol–water partition coefficient (Wildman–Crippen LogP) is 1.92. The number of aryl methyl sites for hydroxylation is 1. The highest BCUT2D eigenvalue weighted by Crippen LogP contribution is 2.18. The van der Waals surface area contributed by atoms with Crippen LogP contribution in [0.15, 0.2) is 16.9 Å². The SMILES string of the molecule is Cc1nccn1Cc1nc(C(C)(C)C)no1. The Morgan fingerprint density at radius 2 is 2.12 bits per heavy atom. The van der Waals surface area contributed by atoms with Crippen LogP contribution in [0.25, 0.3) is 0 Å². The van der Waals surface area contributed by atoms with E-state index in [0.717, 1.165) is 11.6 Å². The molecule has 0 aromatic carbocycles. The van der Waals surface area contributed by atoms with Crippen LogP contribution < -0.4 is 0 Å². The summed E-state index contributed by atoms with van der Waals surface area (Å²) < 4.78 is 7.18. The van der Waals surface area contributed by atoms with Gasteiger partial charge in [-0.05, 0) is 6.92 Å². The van der Waals surface area contributed by atoms with Crippen LogP contribution in [-0.4, -0.2) is 19.7 Å². The summed E-state index contributed by atoms with van der Waals surface area (Å²) in [6.45, 7) is 8.70. The second-order valence-corrected chi connectivity index (χ2v) is 4.86. The summed E-state index contributed by atoms with van der Waals surface area (Å²) in [7, 11) is 0. The van der Waals surface area contributed by atoms with Crippen LogP contribution in [0.4, 0.5) is 0 Å². The van der Waals surface area contributed by atoms with Gasteiger partial charge in [0.25, 0.3) is 0 Å². The van der Waals surface area contributed by atoms with Crippen LogP contribution in [-0.2, 0) is 12.0 Å². The van der Waals surface area contributed by atoms with Crippen LogP contribution in [0.2, 0.25) is 0 Å². The smallest absolute Gasteiger partial charge is 0.246 e. The number of aromatic nitrogens is 4. The molecule has 0 N–H and O–H groups in total. The minimum Gasteiger partial charge on any atom is -0.337 e. The molecule has 0 saturated carbocycles. The quantitative estimate of drug-likeness (QED) is 0.775. The Labute approximate surface area is 94.5 Å². The highest BCUT2D eigenvalue weighted by Gasteiger charge is 2.20. The van der Waals surface area contributed by atoms with Gasteiger partial charge < -0.3 is 9.09 Å². The average molecular weight is 220 g/mol. The van der Waals surface area contributed by atoms with Gasteiger partial charge in [-0.1, -0.05) is 25.9 Å². The third-order valence-corrected chi connectivity index (χ3v) is 2.37. The summed E-state index contributed by atoms with van der Waals surface area (Å²) in [6, 6.07) is 0. The molecule has 0 aliphatic rings. The topological polar surface area (TPSA) is 56.7 Å². The monoisotopic (exact) mass is 220 g/mol. The molecule has 2 aromatic heterocycles. The fraction of sp³-hybridized carbons (Fsp3) is 0.545. The molecule has 0 saturated heterocycles. The third-order valence-electron chi connectivity index (χ3n) is 2.37. The maximum Gasteiger partial charge on any atom is 0.246 e. The molecule has 5 nitrogen and oxygen atoms in total. The van der Waals surface area contributed by atoms with Crippen LogP contribution >= 0.6 is 0 Å². The zero-order valence-electron chi connectivity index (χ0n) is 10.1. The normalized spacial score (nSPS) is 12.0. The first kappa shape index (κ1) is 10.9. The van der Waals surface area contributed by atoms with Crippen molar-refractivity contribution < 1.29 is 4.52 Å². The Hall–Kier alpha value is -1.65. The van der Waals surface area contributed by atoms with E-state index >= 15 is 0 Å². The molecule has 0 aliphatic carbocycles. The molecule has 0 bridgehead atoms. The Balaban J connectivity index is 2.18. The summed E-state index contributed by atoms with van der Waals surface area (Å²) in [4.78, 5) is 8.51. The first-order valence-electron chi connectivity index (χ1n) is 5.27. The Kier molecular flexibility index (Phi) is 2.53. The highest BCUT2D eigenvalue weighted by atomic mass is 16.5. The van der Waals surface area contributed by atoms with Crippen molar-refractivity contribution in [3.05, 3.63) is 29.9 Å². The first-order valence-corrected chi connectivity index (χ1v) is 5.27. The molecule has 0 spiro atoms. The van der Waals surface area contributed by atoms with Crippen molar-refractivity contribution in [2.45, 2.75) is 39.7 Å². The number of hydrogen-bond acceptors (Lipinski definition) is 4. The lowest BCUT2D eigenvalue weighted by atomic mass is 9.96. The fourth-order valence-electron chi connectivity index (χ4n) is 1.34. The number of imidazole rings is 1. The van der Waals surface area contributed by atoms with E-state index in [9.17, 15) is 0 Å². The Bertz CT molecular complexity index is 478. The van der Waals surface area contributed by atoms with E-state index in [1.807, 2.05) is 17.7 Å². The second kappa shape index (κ2) is 3.73. The van der Waals surface area contributed by atoms with Gasteiger partial charge in [0, 0.05) is 17.8 Å². The van der Waals surface area contributed by atoms with Gasteiger partial charge in [-0.3, -0.25) is 0 Å². The van der Waals surface area contributed by atoms with Crippen molar-refractivity contribution in [1.29, 1.82) is 0 Å². The van der Waals surface area contributed by atoms with E-state index in [0.29, 0.717) is 12.4 Å². The molecule has 16 heavy (non-hydrogen) atoms. The summed E-state index contributed by atoms with van der Waals surface area (Å²) in [5.74, 6) is 2.29. The zero-order valence-corrected chi connectivity index (χ0v) is 10.1. The lowest BCUT2D eigenvalue weighted by molar-refractivity contribution is 0.356. The molecular weight excluding hydrogens is 204 g/mol. The van der Waals surface area contributed by atoms with E-state index in [1.54, 1.807) is 6.20 Å². The van der Waals surface area contributed by atoms with Gasteiger partial charge in [-0.25, -0.2) is 4.98 Å². The highest BCUT2D eigenvalue weighted by molar-refractivity contribution is 5.01. The van der Waals surface area contributed by atoms with Gasteiger partial charge in [0.15, 0.2) is 5.82 Å². The molecule has 0 radical (unpaired) electrons. The van der Waals surface area contributed by atoms with E-state index in [-0.39, 0.29) is 5.41 Å². The molecule has 0 atom stereocenters. The standard InChI is InChI=1S/C11H16N4O/c1-8-12-5-6-15(8)7-9-13-10(14-16-9)11(2,3)4/h5-6H,7H2,1-4H3. The second-order valence-electron chi connectivity index (χ2n) is 4.86. The van der Waals surface area contributed by atoms with Crippen LogP contribution in [0, 0.1) is 6.92 Å². The predicted molar refractivity (Wildman–Crippen MR) is 59.1 cm³/mol. The zero-order chi connectivity index (χ0) is 11.8. The van der Waals surface area contributed by atoms with Crippen molar-refractivity contribution in [3.8, 4) is 0 Å². The lowest BCUT2D eigenvalue weighted by Crippen LogP contribution is -2.13. The maximum atomic E-state index is 5.21. The molecule has 86 valence electrons. The van der Waals surface area contributed by atoms with Crippen LogP contribution in [0.1, 0.15) is 38.3 Å². The van der Waals surface area contributed by atoms with Crippen molar-refractivity contribution in [2.75, 3.05) is 0 Å². The molecule has 0 unspecified atom stereocenters. The molecule has 0 fully saturated rings. The van der Waals surface area contributed by atoms with E-state index in [1.165, 1.54) is 0 Å². The summed E-state index contributed by atoms with van der Waals surface area (Å²) >= 11 is 0. The lowest BCUT2D eigenvalue weighted by Gasteiger charge is -2.10. The third kappa shape index (κ3) is 2.13. The number of rotatable bonds is 2. The van der Waals surface area contributed by atoms with Crippen molar-refractivity contribution in [1.82, 2.24) is 19.7 Å². The molecule has 2 rings (SSSR count). The van der Waals surface area contributed by atoms with Crippen molar-refractivity contribution >= 4 is 0 Å². The molecular formula is C11H16N4O. The molecule has 2 heterocycles. The fourth-order valence-corrected chi connectivity index (χ4v) is 1.34. The van der Waals surface area contributed by atoms with E-state index in [2.05, 4.69) is 35.9 Å². The molecule has 0 aliphatic heterocycles. The minimum absolute atomic E-state index is 0.0776. The number of hydrogen-bond donors (Lipinski definition) is 0. The maximum absolute atomic E-state index is 5.21. The Morgan fingerprint density at radius 1 is 1.38 bits per heavy atom. The van der Waals surface area contributed by atoms with Gasteiger partial charge in [0.2, 0.25) is 5.89 Å². The summed E-state index contributed by atoms with van der Waals surface area (Å²) in [6.07, 6.45) is 3.66. The summed E-state index contributed by atoms with van der Waals surface area (Å²) in [5.41, 5.74) is -0.0776. The minimum atomic E-state index is -0.0776. The van der Waals surface area contributed by atoms with Gasteiger partial charge in [0.05, 0.1) is 0 Å². The summed E-state index contributed by atoms with van der Waals surface area (Å²) in [5, 5.41) is 3.98. The van der Waals surface area contributed by atoms with Gasteiger partial charge >= 0.3 is 0 Å². The average Bonchev–Trinajstić information content (AvgIpc) is 2.76. The van der Waals surface area contributed by atoms with E-state index < -0.39 is 0 Å².